The summed E-state index contributed by atoms with van der Waals surface area (Å²) in [5.41, 5.74) is 1.59. The first-order chi connectivity index (χ1) is 10.5. The summed E-state index contributed by atoms with van der Waals surface area (Å²) in [6.45, 7) is 1.73. The van der Waals surface area contributed by atoms with Crippen molar-refractivity contribution in [3.05, 3.63) is 57.5 Å². The molecule has 5 nitrogen and oxygen atoms in total. The molecule has 0 aliphatic heterocycles. The highest BCUT2D eigenvalue weighted by molar-refractivity contribution is 6.30. The minimum Gasteiger partial charge on any atom is -0.469 e. The van der Waals surface area contributed by atoms with Gasteiger partial charge in [0.05, 0.1) is 29.0 Å². The minimum atomic E-state index is -0.450. The van der Waals surface area contributed by atoms with Gasteiger partial charge in [-0.15, -0.1) is 0 Å². The molecule has 3 aromatic rings. The molecule has 0 bridgehead atoms. The van der Waals surface area contributed by atoms with Crippen molar-refractivity contribution in [2.45, 2.75) is 12.8 Å². The summed E-state index contributed by atoms with van der Waals surface area (Å²) in [6, 6.07) is 8.57. The number of methoxy groups -OCH3 is 1. The van der Waals surface area contributed by atoms with Crippen molar-refractivity contribution in [1.29, 1.82) is 0 Å². The minimum absolute atomic E-state index is 0.221. The van der Waals surface area contributed by atoms with Gasteiger partial charge in [0.2, 0.25) is 0 Å². The third-order valence-electron chi connectivity index (χ3n) is 3.65. The predicted molar refractivity (Wildman–Crippen MR) is 84.4 cm³/mol. The van der Waals surface area contributed by atoms with Crippen molar-refractivity contribution in [2.75, 3.05) is 7.11 Å². The monoisotopic (exact) mass is 316 g/mol. The van der Waals surface area contributed by atoms with Gasteiger partial charge in [0.15, 0.2) is 0 Å². The van der Waals surface area contributed by atoms with E-state index in [0.29, 0.717) is 27.1 Å². The van der Waals surface area contributed by atoms with Crippen LogP contribution in [0.15, 0.2) is 41.3 Å². The smallest absolute Gasteiger partial charge is 0.312 e. The Kier molecular flexibility index (Phi) is 3.58. The van der Waals surface area contributed by atoms with Crippen LogP contribution in [0.4, 0.5) is 0 Å². The molecule has 6 heteroatoms. The maximum atomic E-state index is 12.6. The van der Waals surface area contributed by atoms with E-state index in [0.717, 1.165) is 0 Å². The summed E-state index contributed by atoms with van der Waals surface area (Å²) in [7, 11) is 1.34. The molecule has 1 atom stereocenters. The number of aromatic nitrogens is 2. The number of carbonyl (C=O) groups is 1. The lowest BCUT2D eigenvalue weighted by Gasteiger charge is -2.10. The van der Waals surface area contributed by atoms with Crippen molar-refractivity contribution in [2.24, 2.45) is 0 Å². The Labute approximate surface area is 131 Å². The lowest BCUT2D eigenvalue weighted by molar-refractivity contribution is -0.141. The zero-order chi connectivity index (χ0) is 15.9. The standard InChI is InChI=1S/C16H13ClN2O3/c1-9(16(21)22-2)10-3-5-13-12(7-10)15(20)19-8-11(17)4-6-14(19)18-13/h3-9H,1-2H3. The molecule has 1 aromatic carbocycles. The highest BCUT2D eigenvalue weighted by Gasteiger charge is 2.17. The van der Waals surface area contributed by atoms with Gasteiger partial charge in [-0.1, -0.05) is 17.7 Å². The van der Waals surface area contributed by atoms with E-state index < -0.39 is 5.92 Å². The molecule has 0 saturated carbocycles. The number of ether oxygens (including phenoxy) is 1. The van der Waals surface area contributed by atoms with E-state index in [1.54, 1.807) is 37.3 Å². The molecule has 0 saturated heterocycles. The number of rotatable bonds is 2. The average Bonchev–Trinajstić information content (AvgIpc) is 2.54. The number of carbonyl (C=O) groups excluding carboxylic acids is 1. The molecule has 112 valence electrons. The van der Waals surface area contributed by atoms with E-state index >= 15 is 0 Å². The van der Waals surface area contributed by atoms with Gasteiger partial charge in [-0.25, -0.2) is 4.98 Å². The molecule has 0 aliphatic rings. The molecule has 1 unspecified atom stereocenters. The third-order valence-corrected chi connectivity index (χ3v) is 3.87. The molecule has 3 rings (SSSR count). The molecule has 0 fully saturated rings. The Hall–Kier alpha value is -2.40. The fourth-order valence-electron chi connectivity index (χ4n) is 2.38. The van der Waals surface area contributed by atoms with Gasteiger partial charge in [-0.05, 0) is 36.8 Å². The summed E-state index contributed by atoms with van der Waals surface area (Å²) in [4.78, 5) is 28.7. The number of hydrogen-bond donors (Lipinski definition) is 0. The molecule has 0 spiro atoms. The number of esters is 1. The zero-order valence-corrected chi connectivity index (χ0v) is 12.8. The normalized spacial score (nSPS) is 12.5. The fraction of sp³-hybridized carbons (Fsp3) is 0.188. The van der Waals surface area contributed by atoms with Gasteiger partial charge in [0.1, 0.15) is 5.65 Å². The SMILES string of the molecule is COC(=O)C(C)c1ccc2nc3ccc(Cl)cn3c(=O)c2c1. The van der Waals surface area contributed by atoms with Gasteiger partial charge in [-0.2, -0.15) is 0 Å². The molecular formula is C16H13ClN2O3. The molecule has 0 radical (unpaired) electrons. The van der Waals surface area contributed by atoms with Crippen molar-refractivity contribution >= 4 is 34.1 Å². The van der Waals surface area contributed by atoms with Crippen LogP contribution >= 0.6 is 11.6 Å². The molecule has 22 heavy (non-hydrogen) atoms. The van der Waals surface area contributed by atoms with Crippen molar-refractivity contribution in [3.63, 3.8) is 0 Å². The first-order valence-electron chi connectivity index (χ1n) is 6.70. The maximum absolute atomic E-state index is 12.6. The van der Waals surface area contributed by atoms with Crippen molar-refractivity contribution in [3.8, 4) is 0 Å². The van der Waals surface area contributed by atoms with Crippen LogP contribution in [0.1, 0.15) is 18.4 Å². The maximum Gasteiger partial charge on any atom is 0.312 e. The van der Waals surface area contributed by atoms with Gasteiger partial charge in [-0.3, -0.25) is 14.0 Å². The Balaban J connectivity index is 2.27. The van der Waals surface area contributed by atoms with E-state index in [9.17, 15) is 9.59 Å². The van der Waals surface area contributed by atoms with Crippen LogP contribution in [0.25, 0.3) is 16.6 Å². The summed E-state index contributed by atoms with van der Waals surface area (Å²) in [5, 5.41) is 0.892. The largest absolute Gasteiger partial charge is 0.469 e. The summed E-state index contributed by atoms with van der Waals surface area (Å²) in [6.07, 6.45) is 1.53. The van der Waals surface area contributed by atoms with Crippen LogP contribution in [-0.2, 0) is 9.53 Å². The van der Waals surface area contributed by atoms with Crippen LogP contribution in [0, 0.1) is 0 Å². The quantitative estimate of drug-likeness (QED) is 0.539. The number of benzene rings is 1. The summed E-state index contributed by atoms with van der Waals surface area (Å²) < 4.78 is 6.14. The van der Waals surface area contributed by atoms with Gasteiger partial charge in [0.25, 0.3) is 5.56 Å². The number of pyridine rings is 1. The van der Waals surface area contributed by atoms with E-state index in [1.165, 1.54) is 17.7 Å². The number of hydrogen-bond acceptors (Lipinski definition) is 4. The molecule has 2 aromatic heterocycles. The second-order valence-electron chi connectivity index (χ2n) is 5.01. The number of nitrogens with zero attached hydrogens (tertiary/aromatic N) is 2. The second-order valence-corrected chi connectivity index (χ2v) is 5.45. The Morgan fingerprint density at radius 3 is 2.82 bits per heavy atom. The summed E-state index contributed by atoms with van der Waals surface area (Å²) >= 11 is 5.94. The third kappa shape index (κ3) is 2.33. The molecule has 2 heterocycles. The van der Waals surface area contributed by atoms with E-state index in [1.807, 2.05) is 0 Å². The predicted octanol–water partition coefficient (Wildman–Crippen LogP) is 2.78. The van der Waals surface area contributed by atoms with Crippen LogP contribution in [-0.4, -0.2) is 22.5 Å². The Morgan fingerprint density at radius 1 is 1.32 bits per heavy atom. The first-order valence-corrected chi connectivity index (χ1v) is 7.08. The lowest BCUT2D eigenvalue weighted by atomic mass is 10.00. The fourth-order valence-corrected chi connectivity index (χ4v) is 2.54. The van der Waals surface area contributed by atoms with Gasteiger partial charge < -0.3 is 4.74 Å². The number of halogens is 1. The van der Waals surface area contributed by atoms with Crippen molar-refractivity contribution in [1.82, 2.24) is 9.38 Å². The van der Waals surface area contributed by atoms with Crippen LogP contribution in [0.2, 0.25) is 5.02 Å². The first kappa shape index (κ1) is 14.5. The molecule has 0 amide bonds. The molecule has 0 N–H and O–H groups in total. The van der Waals surface area contributed by atoms with Gasteiger partial charge in [0, 0.05) is 6.20 Å². The van der Waals surface area contributed by atoms with E-state index in [-0.39, 0.29) is 11.5 Å². The topological polar surface area (TPSA) is 60.7 Å². The highest BCUT2D eigenvalue weighted by Crippen LogP contribution is 2.21. The van der Waals surface area contributed by atoms with E-state index in [4.69, 9.17) is 16.3 Å². The van der Waals surface area contributed by atoms with Crippen LogP contribution in [0.5, 0.6) is 0 Å². The lowest BCUT2D eigenvalue weighted by Crippen LogP contribution is -2.16. The highest BCUT2D eigenvalue weighted by atomic mass is 35.5. The van der Waals surface area contributed by atoms with Gasteiger partial charge >= 0.3 is 5.97 Å². The van der Waals surface area contributed by atoms with Crippen LogP contribution < -0.4 is 5.56 Å². The average molecular weight is 317 g/mol. The van der Waals surface area contributed by atoms with Crippen LogP contribution in [0.3, 0.4) is 0 Å². The molecular weight excluding hydrogens is 304 g/mol. The molecule has 0 aliphatic carbocycles. The van der Waals surface area contributed by atoms with Crippen molar-refractivity contribution < 1.29 is 9.53 Å². The Morgan fingerprint density at radius 2 is 2.09 bits per heavy atom. The number of fused-ring (bicyclic) bond motifs is 2. The van der Waals surface area contributed by atoms with E-state index in [2.05, 4.69) is 4.98 Å². The second kappa shape index (κ2) is 5.42. The summed E-state index contributed by atoms with van der Waals surface area (Å²) in [5.74, 6) is -0.801. The Bertz CT molecular complexity index is 949. The zero-order valence-electron chi connectivity index (χ0n) is 12.0.